The molecular weight excluding hydrogens is 284 g/mol. The zero-order chi connectivity index (χ0) is 15.3. The van der Waals surface area contributed by atoms with Gasteiger partial charge in [-0.3, -0.25) is 0 Å². The molecule has 0 aliphatic heterocycles. The van der Waals surface area contributed by atoms with E-state index in [-0.39, 0.29) is 5.75 Å². The highest BCUT2D eigenvalue weighted by molar-refractivity contribution is 5.29. The zero-order valence-corrected chi connectivity index (χ0v) is 11.8. The van der Waals surface area contributed by atoms with Crippen molar-refractivity contribution < 1.29 is 22.3 Å². The van der Waals surface area contributed by atoms with Crippen LogP contribution in [0, 0.1) is 5.92 Å². The topological polar surface area (TPSA) is 9.23 Å². The van der Waals surface area contributed by atoms with Crippen molar-refractivity contribution in [2.45, 2.75) is 57.5 Å². The van der Waals surface area contributed by atoms with Crippen molar-refractivity contribution in [3.63, 3.8) is 0 Å². The van der Waals surface area contributed by atoms with Gasteiger partial charge in [-0.25, -0.2) is 0 Å². The Balaban J connectivity index is 1.91. The van der Waals surface area contributed by atoms with Gasteiger partial charge < -0.3 is 4.74 Å². The highest BCUT2D eigenvalue weighted by Gasteiger charge is 2.43. The van der Waals surface area contributed by atoms with Gasteiger partial charge in [0.05, 0.1) is 0 Å². The molecule has 0 N–H and O–H groups in total. The first-order valence-electron chi connectivity index (χ1n) is 7.41. The maximum Gasteiger partial charge on any atom is 0.461 e. The predicted molar refractivity (Wildman–Crippen MR) is 72.9 cm³/mol. The molecule has 0 unspecified atom stereocenters. The van der Waals surface area contributed by atoms with Crippen LogP contribution in [0.4, 0.5) is 17.6 Å². The first-order chi connectivity index (χ1) is 9.97. The van der Waals surface area contributed by atoms with Crippen molar-refractivity contribution in [3.8, 4) is 5.75 Å². The van der Waals surface area contributed by atoms with Gasteiger partial charge in [-0.05, 0) is 36.5 Å². The van der Waals surface area contributed by atoms with Gasteiger partial charge in [-0.2, -0.15) is 17.6 Å². The first-order valence-corrected chi connectivity index (χ1v) is 7.41. The molecule has 0 heterocycles. The lowest BCUT2D eigenvalue weighted by Gasteiger charge is -2.21. The molecule has 0 bridgehead atoms. The number of rotatable bonds is 6. The summed E-state index contributed by atoms with van der Waals surface area (Å²) in [7, 11) is 0. The average Bonchev–Trinajstić information content (AvgIpc) is 2.46. The molecule has 1 aliphatic rings. The van der Waals surface area contributed by atoms with Crippen molar-refractivity contribution in [2.75, 3.05) is 0 Å². The molecular formula is C16H20F4O. The lowest BCUT2D eigenvalue weighted by atomic mass is 9.85. The van der Waals surface area contributed by atoms with Gasteiger partial charge in [0.2, 0.25) is 0 Å². The van der Waals surface area contributed by atoms with Crippen molar-refractivity contribution >= 4 is 0 Å². The minimum absolute atomic E-state index is 0.207. The Morgan fingerprint density at radius 1 is 1.14 bits per heavy atom. The predicted octanol–water partition coefficient (Wildman–Crippen LogP) is 5.44. The molecule has 1 fully saturated rings. The first kappa shape index (κ1) is 16.1. The molecule has 2 rings (SSSR count). The molecule has 0 amide bonds. The Kier molecular flexibility index (Phi) is 5.48. The van der Waals surface area contributed by atoms with E-state index in [4.69, 9.17) is 0 Å². The number of aryl methyl sites for hydroxylation is 1. The highest BCUT2D eigenvalue weighted by Crippen LogP contribution is 2.30. The van der Waals surface area contributed by atoms with Gasteiger partial charge in [-0.15, -0.1) is 0 Å². The van der Waals surface area contributed by atoms with E-state index in [0.29, 0.717) is 5.92 Å². The second-order valence-corrected chi connectivity index (χ2v) is 5.65. The number of halogens is 4. The molecule has 1 aromatic rings. The molecule has 1 aliphatic carbocycles. The van der Waals surface area contributed by atoms with Crippen molar-refractivity contribution in [1.82, 2.24) is 0 Å². The maximum absolute atomic E-state index is 12.9. The SMILES string of the molecule is FC(F)C(F)(F)Oc1cccc(CCC2CCCCC2)c1. The third-order valence-electron chi connectivity index (χ3n) is 3.97. The normalized spacial score (nSPS) is 17.2. The molecule has 5 heteroatoms. The second kappa shape index (κ2) is 7.14. The number of benzene rings is 1. The van der Waals surface area contributed by atoms with E-state index in [1.165, 1.54) is 44.2 Å². The van der Waals surface area contributed by atoms with Gasteiger partial charge in [0.25, 0.3) is 0 Å². The lowest BCUT2D eigenvalue weighted by molar-refractivity contribution is -0.253. The maximum atomic E-state index is 12.9. The van der Waals surface area contributed by atoms with E-state index >= 15 is 0 Å². The summed E-state index contributed by atoms with van der Waals surface area (Å²) in [5, 5.41) is 0. The van der Waals surface area contributed by atoms with Gasteiger partial charge in [0.15, 0.2) is 0 Å². The Hall–Kier alpha value is -1.26. The van der Waals surface area contributed by atoms with Crippen molar-refractivity contribution in [3.05, 3.63) is 29.8 Å². The van der Waals surface area contributed by atoms with E-state index in [9.17, 15) is 17.6 Å². The number of ether oxygens (including phenoxy) is 1. The van der Waals surface area contributed by atoms with Gasteiger partial charge >= 0.3 is 12.5 Å². The molecule has 0 aromatic heterocycles. The molecule has 118 valence electrons. The Labute approximate surface area is 122 Å². The molecule has 1 aromatic carbocycles. The fraction of sp³-hybridized carbons (Fsp3) is 0.625. The van der Waals surface area contributed by atoms with E-state index in [1.807, 2.05) is 6.07 Å². The summed E-state index contributed by atoms with van der Waals surface area (Å²) in [5.41, 5.74) is 0.850. The molecule has 0 spiro atoms. The molecule has 21 heavy (non-hydrogen) atoms. The molecule has 0 atom stereocenters. The Morgan fingerprint density at radius 2 is 1.86 bits per heavy atom. The fourth-order valence-electron chi connectivity index (χ4n) is 2.81. The summed E-state index contributed by atoms with van der Waals surface area (Å²) in [6.07, 6.45) is -0.243. The fourth-order valence-corrected chi connectivity index (χ4v) is 2.81. The van der Waals surface area contributed by atoms with E-state index in [2.05, 4.69) is 4.74 Å². The van der Waals surface area contributed by atoms with Crippen LogP contribution >= 0.6 is 0 Å². The van der Waals surface area contributed by atoms with Gasteiger partial charge in [0, 0.05) is 0 Å². The summed E-state index contributed by atoms with van der Waals surface area (Å²) >= 11 is 0. The smallest absolute Gasteiger partial charge is 0.428 e. The van der Waals surface area contributed by atoms with E-state index in [0.717, 1.165) is 18.4 Å². The Bertz CT molecular complexity index is 442. The summed E-state index contributed by atoms with van der Waals surface area (Å²) in [5.74, 6) is 0.479. The number of hydrogen-bond acceptors (Lipinski definition) is 1. The summed E-state index contributed by atoms with van der Waals surface area (Å²) in [6.45, 7) is 0. The van der Waals surface area contributed by atoms with Crippen molar-refractivity contribution in [1.29, 1.82) is 0 Å². The quantitative estimate of drug-likeness (QED) is 0.636. The second-order valence-electron chi connectivity index (χ2n) is 5.65. The summed E-state index contributed by atoms with van der Waals surface area (Å²) < 4.78 is 54.1. The van der Waals surface area contributed by atoms with Gasteiger partial charge in [-0.1, -0.05) is 44.2 Å². The molecule has 0 saturated heterocycles. The van der Waals surface area contributed by atoms with Gasteiger partial charge in [0.1, 0.15) is 5.75 Å². The minimum Gasteiger partial charge on any atom is -0.428 e. The third kappa shape index (κ3) is 4.90. The average molecular weight is 304 g/mol. The van der Waals surface area contributed by atoms with Crippen LogP contribution < -0.4 is 4.74 Å². The van der Waals surface area contributed by atoms with Crippen LogP contribution in [0.1, 0.15) is 44.1 Å². The zero-order valence-electron chi connectivity index (χ0n) is 11.8. The molecule has 0 radical (unpaired) electrons. The van der Waals surface area contributed by atoms with Crippen LogP contribution in [0.25, 0.3) is 0 Å². The third-order valence-corrected chi connectivity index (χ3v) is 3.97. The number of hydrogen-bond donors (Lipinski definition) is 0. The summed E-state index contributed by atoms with van der Waals surface area (Å²) in [4.78, 5) is 0. The van der Waals surface area contributed by atoms with Crippen LogP contribution in [0.15, 0.2) is 24.3 Å². The largest absolute Gasteiger partial charge is 0.461 e. The van der Waals surface area contributed by atoms with E-state index in [1.54, 1.807) is 6.07 Å². The van der Waals surface area contributed by atoms with Crippen LogP contribution in [0.2, 0.25) is 0 Å². The van der Waals surface area contributed by atoms with Crippen LogP contribution in [0.5, 0.6) is 5.75 Å². The standard InChI is InChI=1S/C16H20F4O/c17-15(18)16(19,20)21-14-8-4-7-13(11-14)10-9-12-5-2-1-3-6-12/h4,7-8,11-12,15H,1-3,5-6,9-10H2. The van der Waals surface area contributed by atoms with Crippen LogP contribution in [0.3, 0.4) is 0 Å². The van der Waals surface area contributed by atoms with Crippen LogP contribution in [-0.2, 0) is 6.42 Å². The highest BCUT2D eigenvalue weighted by atomic mass is 19.3. The minimum atomic E-state index is -4.44. The van der Waals surface area contributed by atoms with Crippen molar-refractivity contribution in [2.24, 2.45) is 5.92 Å². The van der Waals surface area contributed by atoms with E-state index < -0.39 is 12.5 Å². The Morgan fingerprint density at radius 3 is 2.52 bits per heavy atom. The number of alkyl halides is 4. The summed E-state index contributed by atoms with van der Waals surface area (Å²) in [6, 6.07) is 6.09. The van der Waals surface area contributed by atoms with Crippen LogP contribution in [-0.4, -0.2) is 12.5 Å². The molecule has 1 saturated carbocycles. The lowest BCUT2D eigenvalue weighted by Crippen LogP contribution is -2.33. The molecule has 1 nitrogen and oxygen atoms in total. The monoisotopic (exact) mass is 304 g/mol.